The van der Waals surface area contributed by atoms with Gasteiger partial charge < -0.3 is 15.2 Å². The van der Waals surface area contributed by atoms with Gasteiger partial charge in [0.25, 0.3) is 11.5 Å². The minimum Gasteiger partial charge on any atom is -0.501 e. The second-order valence-corrected chi connectivity index (χ2v) is 9.32. The van der Waals surface area contributed by atoms with Crippen molar-refractivity contribution in [3.8, 4) is 5.75 Å². The Morgan fingerprint density at radius 1 is 1.42 bits per heavy atom. The van der Waals surface area contributed by atoms with Gasteiger partial charge in [-0.25, -0.2) is 9.37 Å². The Labute approximate surface area is 187 Å². The molecule has 0 saturated heterocycles. The predicted molar refractivity (Wildman–Crippen MR) is 119 cm³/mol. The molecule has 0 unspecified atom stereocenters. The number of nitrogens with one attached hydrogen (secondary N) is 1. The summed E-state index contributed by atoms with van der Waals surface area (Å²) in [5.41, 5.74) is -0.851. The second kappa shape index (κ2) is 8.42. The molecule has 164 valence electrons. The molecule has 0 atom stereocenters. The summed E-state index contributed by atoms with van der Waals surface area (Å²) in [6.45, 7) is 4.29. The Morgan fingerprint density at radius 3 is 2.97 bits per heavy atom. The van der Waals surface area contributed by atoms with E-state index < -0.39 is 49.9 Å². The van der Waals surface area contributed by atoms with Gasteiger partial charge in [0, 0.05) is 25.8 Å². The lowest BCUT2D eigenvalue weighted by atomic mass is 10.1. The number of hydrogen-bond donors (Lipinski definition) is 2. The van der Waals surface area contributed by atoms with E-state index >= 15 is 0 Å². The highest BCUT2D eigenvalue weighted by Crippen LogP contribution is 2.31. The Bertz CT molecular complexity index is 1150. The normalized spacial score (nSPS) is 17.1. The van der Waals surface area contributed by atoms with E-state index in [9.17, 15) is 19.1 Å². The van der Waals surface area contributed by atoms with Crippen LogP contribution in [0.2, 0.25) is 0 Å². The lowest BCUT2D eigenvalue weighted by Gasteiger charge is -2.25. The molecule has 4 rings (SSSR count). The van der Waals surface area contributed by atoms with Gasteiger partial charge in [0.2, 0.25) is 5.75 Å². The van der Waals surface area contributed by atoms with Crippen LogP contribution >= 0.6 is 21.3 Å². The zero-order valence-corrected chi connectivity index (χ0v) is 19.0. The average molecular weight is 542 g/mol. The average Bonchev–Trinajstić information content (AvgIpc) is 3.22. The van der Waals surface area contributed by atoms with E-state index in [4.69, 9.17) is 4.74 Å². The highest BCUT2D eigenvalue weighted by Gasteiger charge is 2.33. The number of rotatable bonds is 4. The summed E-state index contributed by atoms with van der Waals surface area (Å²) in [6, 6.07) is 4.15. The molecular formula is C19H20FIN6O4. The van der Waals surface area contributed by atoms with Crippen molar-refractivity contribution < 1.29 is 19.0 Å². The highest BCUT2D eigenvalue weighted by molar-refractivity contribution is 14.2. The summed E-state index contributed by atoms with van der Waals surface area (Å²) in [7, 11) is 0. The van der Waals surface area contributed by atoms with E-state index in [1.54, 1.807) is 23.1 Å². The Balaban J connectivity index is 1.63. The maximum absolute atomic E-state index is 13.8. The highest BCUT2D eigenvalue weighted by atomic mass is 127. The number of carbonyl (C=O) groups is 1. The molecule has 0 aliphatic carbocycles. The van der Waals surface area contributed by atoms with E-state index in [0.717, 1.165) is 0 Å². The molecule has 3 heterocycles. The maximum atomic E-state index is 13.8. The van der Waals surface area contributed by atoms with Crippen LogP contribution < -0.4 is 14.1 Å². The lowest BCUT2D eigenvalue weighted by Crippen LogP contribution is -2.35. The summed E-state index contributed by atoms with van der Waals surface area (Å²) in [5, 5.41) is 17.1. The van der Waals surface area contributed by atoms with Crippen molar-refractivity contribution in [2.75, 3.05) is 9.83 Å². The molecule has 0 spiro atoms. The number of hydrazone groups is 1. The second-order valence-electron chi connectivity index (χ2n) is 7.42. The zero-order chi connectivity index (χ0) is 22.2. The number of aromatic nitrogens is 2. The third kappa shape index (κ3) is 4.21. The van der Waals surface area contributed by atoms with E-state index in [0.29, 0.717) is 30.8 Å². The van der Waals surface area contributed by atoms with Gasteiger partial charge in [-0.15, -0.1) is 5.10 Å². The molecule has 2 N–H and O–H groups in total. The number of benzene rings is 1. The van der Waals surface area contributed by atoms with Crippen molar-refractivity contribution in [2.45, 2.75) is 39.0 Å². The lowest BCUT2D eigenvalue weighted by molar-refractivity contribution is -0.0227. The van der Waals surface area contributed by atoms with Crippen LogP contribution in [0.5, 0.6) is 5.75 Å². The first-order chi connectivity index (χ1) is 14.8. The molecule has 0 fully saturated rings. The van der Waals surface area contributed by atoms with Crippen LogP contribution in [-0.4, -0.2) is 33.5 Å². The topological polar surface area (TPSA) is 121 Å². The van der Waals surface area contributed by atoms with Crippen molar-refractivity contribution in [3.05, 3.63) is 51.5 Å². The third-order valence-electron chi connectivity index (χ3n) is 4.89. The predicted octanol–water partition coefficient (Wildman–Crippen LogP) is 2.51. The molecule has 0 saturated carbocycles. The Kier molecular flexibility index (Phi) is 5.83. The summed E-state index contributed by atoms with van der Waals surface area (Å²) < 4.78 is 26.5. The number of hydrogen-bond acceptors (Lipinski definition) is 8. The van der Waals surface area contributed by atoms with Crippen molar-refractivity contribution >= 4 is 39.2 Å². The van der Waals surface area contributed by atoms with Crippen LogP contribution in [0.3, 0.4) is 0 Å². The molecule has 0 radical (unpaired) electrons. The van der Waals surface area contributed by atoms with Gasteiger partial charge in [0.05, 0.1) is 5.69 Å². The van der Waals surface area contributed by atoms with Crippen molar-refractivity contribution in [2.24, 2.45) is 8.25 Å². The molecular weight excluding hydrogens is 522 g/mol. The summed E-state index contributed by atoms with van der Waals surface area (Å²) in [4.78, 5) is 29.8. The van der Waals surface area contributed by atoms with Crippen LogP contribution in [0.1, 0.15) is 42.1 Å². The van der Waals surface area contributed by atoms with Crippen molar-refractivity contribution in [1.82, 2.24) is 14.9 Å². The smallest absolute Gasteiger partial charge is 0.296 e. The Hall–Kier alpha value is -2.74. The first-order valence-electron chi connectivity index (χ1n) is 9.50. The number of nitrogens with zero attached hydrogens (tertiary/aromatic N) is 5. The number of amides is 1. The minimum atomic E-state index is -0.899. The van der Waals surface area contributed by atoms with Gasteiger partial charge in [-0.2, -0.15) is 6.37 Å². The van der Waals surface area contributed by atoms with Gasteiger partial charge in [-0.1, -0.05) is 6.07 Å². The quantitative estimate of drug-likeness (QED) is 0.453. The summed E-state index contributed by atoms with van der Waals surface area (Å²) in [6.07, 6.45) is 2.00. The molecule has 2 aliphatic heterocycles. The van der Waals surface area contributed by atoms with E-state index in [1.807, 2.05) is 0 Å². The zero-order valence-electron chi connectivity index (χ0n) is 16.8. The number of ether oxygens (including phenoxy) is 1. The van der Waals surface area contributed by atoms with Crippen LogP contribution in [0.25, 0.3) is 0 Å². The molecule has 10 nitrogen and oxygen atoms in total. The number of halogens is 2. The number of carbonyl (C=O) groups excluding carboxylic acids is 1. The van der Waals surface area contributed by atoms with Gasteiger partial charge in [0.1, 0.15) is 44.9 Å². The number of fused-ring (bicyclic) bond motifs is 1. The van der Waals surface area contributed by atoms with Crippen molar-refractivity contribution in [1.29, 1.82) is 0 Å². The van der Waals surface area contributed by atoms with Gasteiger partial charge in [-0.3, -0.25) is 14.2 Å². The molecule has 2 aliphatic rings. The fourth-order valence-corrected chi connectivity index (χ4v) is 4.71. The van der Waals surface area contributed by atoms with Gasteiger partial charge >= 0.3 is 0 Å². The van der Waals surface area contributed by atoms with Crippen LogP contribution in [-0.2, 0) is 23.4 Å². The molecule has 31 heavy (non-hydrogen) atoms. The van der Waals surface area contributed by atoms with Crippen molar-refractivity contribution in [3.63, 3.8) is 0 Å². The third-order valence-corrected chi connectivity index (χ3v) is 6.56. The number of aromatic hydroxyl groups is 1. The molecule has 0 bridgehead atoms. The summed E-state index contributed by atoms with van der Waals surface area (Å²) in [5.74, 6) is -1.60. The molecule has 2 aromatic rings. The van der Waals surface area contributed by atoms with Crippen LogP contribution in [0.15, 0.2) is 31.2 Å². The molecule has 1 amide bonds. The maximum Gasteiger partial charge on any atom is 0.296 e. The standard InChI is InChI=1S/C19H20FIN6O4/c1-19(2)18-25-14(15(28)17(30)26(18)6-3-7-31-19)16(29)22-9-11-4-5-12(20)8-13(11)27-21-23-10-24-27/h4-5,8,10,28H,3,6-7,9H2,1-2H3,(H,22,29). The molecule has 1 aromatic carbocycles. The monoisotopic (exact) mass is 542 g/mol. The van der Waals surface area contributed by atoms with E-state index in [-0.39, 0.29) is 18.1 Å². The summed E-state index contributed by atoms with van der Waals surface area (Å²) >= 11 is -0.787. The van der Waals surface area contributed by atoms with Crippen LogP contribution in [0.4, 0.5) is 10.1 Å². The largest absolute Gasteiger partial charge is 0.501 e. The molecule has 12 heteroatoms. The fourth-order valence-electron chi connectivity index (χ4n) is 3.35. The SMILES string of the molecule is CC1(C)OCCCn2c1nc(C(=O)NCc1ccc(F)cc1N1N=CN=I1)c(O)c2=O. The van der Waals surface area contributed by atoms with Gasteiger partial charge in [0.15, 0.2) is 5.69 Å². The first kappa shape index (κ1) is 21.5. The fraction of sp³-hybridized carbons (Fsp3) is 0.368. The first-order valence-corrected chi connectivity index (χ1v) is 11.4. The van der Waals surface area contributed by atoms with E-state index in [1.165, 1.54) is 23.0 Å². The van der Waals surface area contributed by atoms with Gasteiger partial charge in [-0.05, 0) is 31.9 Å². The Morgan fingerprint density at radius 2 is 2.23 bits per heavy atom. The molecule has 1 aromatic heterocycles. The van der Waals surface area contributed by atoms with E-state index in [2.05, 4.69) is 18.5 Å². The minimum absolute atomic E-state index is 0.0175. The van der Waals surface area contributed by atoms with Crippen LogP contribution in [0, 0.1) is 5.82 Å². The number of anilines is 1.